The first-order valence-electron chi connectivity index (χ1n) is 13.0. The lowest BCUT2D eigenvalue weighted by Crippen LogP contribution is -2.45. The minimum atomic E-state index is -1.10. The Bertz CT molecular complexity index is 1280. The number of hydrogen-bond donors (Lipinski definition) is 3. The fraction of sp³-hybridized carbons (Fsp3) is 0.281. The quantitative estimate of drug-likeness (QED) is 0.178. The van der Waals surface area contributed by atoms with Crippen molar-refractivity contribution in [1.82, 2.24) is 10.2 Å². The van der Waals surface area contributed by atoms with E-state index < -0.39 is 23.4 Å². The number of aliphatic imine (C=N–C) groups is 1. The van der Waals surface area contributed by atoms with Gasteiger partial charge in [-0.05, 0) is 35.3 Å². The van der Waals surface area contributed by atoms with Crippen molar-refractivity contribution in [2.45, 2.75) is 30.8 Å². The van der Waals surface area contributed by atoms with Gasteiger partial charge in [-0.25, -0.2) is 4.99 Å². The number of benzene rings is 2. The molecule has 0 bridgehead atoms. The molecule has 0 fully saturated rings. The third kappa shape index (κ3) is 7.42. The highest BCUT2D eigenvalue weighted by Gasteiger charge is 2.43. The highest BCUT2D eigenvalue weighted by atomic mass is 16.1. The minimum Gasteiger partial charge on any atom is -0.394 e. The Kier molecular flexibility index (Phi) is 10.2. The van der Waals surface area contributed by atoms with E-state index in [2.05, 4.69) is 5.32 Å². The standard InChI is InChI=1S/C32H39N5O2/c1-32(36-31(34)37(3)4,26-17-16-25(21-35-2)30(33)19-26)29(22-38)28(24-13-9-6-10-14-24)20-27(39)18-15-23-11-7-5-8-12-23/h5-19,21-22,28-30,35H,20,33H2,1-4H3,(H2,34,36)/b18-15+,25-21-. The van der Waals surface area contributed by atoms with Crippen LogP contribution in [0.5, 0.6) is 0 Å². The fourth-order valence-corrected chi connectivity index (χ4v) is 4.77. The molecule has 0 saturated carbocycles. The number of aldehydes is 1. The topological polar surface area (TPSA) is 114 Å². The lowest BCUT2D eigenvalue weighted by Gasteiger charge is -2.39. The molecular weight excluding hydrogens is 486 g/mol. The van der Waals surface area contributed by atoms with Gasteiger partial charge in [0.25, 0.3) is 0 Å². The second-order valence-electron chi connectivity index (χ2n) is 10.0. The van der Waals surface area contributed by atoms with Crippen LogP contribution in [0.3, 0.4) is 0 Å². The van der Waals surface area contributed by atoms with E-state index in [1.165, 1.54) is 0 Å². The molecule has 0 amide bonds. The van der Waals surface area contributed by atoms with Crippen molar-refractivity contribution < 1.29 is 9.59 Å². The van der Waals surface area contributed by atoms with Crippen LogP contribution in [0.2, 0.25) is 0 Å². The van der Waals surface area contributed by atoms with Gasteiger partial charge in [0.15, 0.2) is 11.7 Å². The molecule has 0 aliphatic heterocycles. The van der Waals surface area contributed by atoms with Crippen LogP contribution in [0.15, 0.2) is 107 Å². The Morgan fingerprint density at radius 3 is 2.31 bits per heavy atom. The van der Waals surface area contributed by atoms with E-state index in [1.807, 2.05) is 99.1 Å². The van der Waals surface area contributed by atoms with Crippen LogP contribution >= 0.6 is 0 Å². The van der Waals surface area contributed by atoms with E-state index in [-0.39, 0.29) is 18.2 Å². The molecule has 5 N–H and O–H groups in total. The average molecular weight is 526 g/mol. The summed E-state index contributed by atoms with van der Waals surface area (Å²) in [5.74, 6) is -0.994. The summed E-state index contributed by atoms with van der Waals surface area (Å²) in [6.45, 7) is 1.89. The molecule has 0 aromatic heterocycles. The zero-order valence-electron chi connectivity index (χ0n) is 23.1. The molecule has 3 rings (SSSR count). The number of allylic oxidation sites excluding steroid dienone is 1. The number of carbonyl (C=O) groups excluding carboxylic acids is 2. The molecule has 7 heteroatoms. The number of nitrogens with two attached hydrogens (primary N) is 2. The van der Waals surface area contributed by atoms with Gasteiger partial charge in [0.2, 0.25) is 0 Å². The Morgan fingerprint density at radius 2 is 1.74 bits per heavy atom. The van der Waals surface area contributed by atoms with Crippen LogP contribution in [0.1, 0.15) is 30.4 Å². The van der Waals surface area contributed by atoms with Gasteiger partial charge in [-0.3, -0.25) is 4.79 Å². The number of nitrogens with zero attached hydrogens (tertiary/aromatic N) is 2. The second-order valence-corrected chi connectivity index (χ2v) is 10.0. The molecule has 0 spiro atoms. The van der Waals surface area contributed by atoms with Gasteiger partial charge in [-0.2, -0.15) is 0 Å². The van der Waals surface area contributed by atoms with Gasteiger partial charge < -0.3 is 26.5 Å². The van der Waals surface area contributed by atoms with Crippen LogP contribution in [-0.2, 0) is 9.59 Å². The molecule has 4 unspecified atom stereocenters. The first-order valence-corrected chi connectivity index (χ1v) is 13.0. The van der Waals surface area contributed by atoms with E-state index in [9.17, 15) is 9.59 Å². The van der Waals surface area contributed by atoms with Gasteiger partial charge in [-0.15, -0.1) is 0 Å². The van der Waals surface area contributed by atoms with Crippen molar-refractivity contribution in [1.29, 1.82) is 0 Å². The molecule has 7 nitrogen and oxygen atoms in total. The lowest BCUT2D eigenvalue weighted by molar-refractivity contribution is -0.116. The zero-order valence-corrected chi connectivity index (χ0v) is 23.1. The summed E-state index contributed by atoms with van der Waals surface area (Å²) in [4.78, 5) is 32.9. The van der Waals surface area contributed by atoms with Crippen LogP contribution < -0.4 is 16.8 Å². The van der Waals surface area contributed by atoms with Gasteiger partial charge >= 0.3 is 0 Å². The summed E-state index contributed by atoms with van der Waals surface area (Å²) in [5, 5.41) is 3.01. The third-order valence-electron chi connectivity index (χ3n) is 7.04. The van der Waals surface area contributed by atoms with Crippen molar-refractivity contribution in [2.24, 2.45) is 22.4 Å². The molecule has 204 valence electrons. The van der Waals surface area contributed by atoms with E-state index >= 15 is 0 Å². The molecule has 0 saturated heterocycles. The summed E-state index contributed by atoms with van der Waals surface area (Å²) in [6, 6.07) is 18.9. The maximum atomic E-state index is 13.3. The first-order chi connectivity index (χ1) is 18.7. The van der Waals surface area contributed by atoms with Gasteiger partial charge in [0.1, 0.15) is 6.29 Å². The highest BCUT2D eigenvalue weighted by Crippen LogP contribution is 2.42. The monoisotopic (exact) mass is 525 g/mol. The van der Waals surface area contributed by atoms with E-state index in [4.69, 9.17) is 16.5 Å². The molecule has 1 aliphatic carbocycles. The molecule has 0 heterocycles. The number of guanidine groups is 1. The number of hydrogen-bond acceptors (Lipinski definition) is 5. The van der Waals surface area contributed by atoms with Crippen molar-refractivity contribution in [2.75, 3.05) is 21.1 Å². The Morgan fingerprint density at radius 1 is 1.10 bits per heavy atom. The maximum Gasteiger partial charge on any atom is 0.191 e. The lowest BCUT2D eigenvalue weighted by atomic mass is 9.68. The molecule has 2 aromatic rings. The van der Waals surface area contributed by atoms with Crippen LogP contribution in [0.4, 0.5) is 0 Å². The predicted octanol–water partition coefficient (Wildman–Crippen LogP) is 3.82. The Hall–Kier alpha value is -4.23. The van der Waals surface area contributed by atoms with Crippen molar-refractivity contribution in [3.05, 3.63) is 113 Å². The summed E-state index contributed by atoms with van der Waals surface area (Å²) in [5.41, 5.74) is 15.2. The van der Waals surface area contributed by atoms with Crippen LogP contribution in [0.25, 0.3) is 6.08 Å². The third-order valence-corrected chi connectivity index (χ3v) is 7.04. The predicted molar refractivity (Wildman–Crippen MR) is 160 cm³/mol. The summed E-state index contributed by atoms with van der Waals surface area (Å²) >= 11 is 0. The molecule has 2 aromatic carbocycles. The summed E-state index contributed by atoms with van der Waals surface area (Å²) in [6.07, 6.45) is 12.0. The second kappa shape index (κ2) is 13.5. The van der Waals surface area contributed by atoms with E-state index in [0.717, 1.165) is 28.6 Å². The van der Waals surface area contributed by atoms with Gasteiger partial charge in [0, 0.05) is 39.7 Å². The number of rotatable bonds is 11. The van der Waals surface area contributed by atoms with E-state index in [1.54, 1.807) is 31.1 Å². The molecule has 39 heavy (non-hydrogen) atoms. The number of carbonyl (C=O) groups is 2. The van der Waals surface area contributed by atoms with Crippen molar-refractivity contribution >= 4 is 24.1 Å². The van der Waals surface area contributed by atoms with Gasteiger partial charge in [0.05, 0.1) is 17.5 Å². The Labute approximate surface area is 231 Å². The van der Waals surface area contributed by atoms with E-state index in [0.29, 0.717) is 0 Å². The minimum absolute atomic E-state index is 0.0874. The first kappa shape index (κ1) is 29.3. The maximum absolute atomic E-state index is 13.3. The SMILES string of the molecule is CN/C=C1/C=CC(C(C)(N=C(N)N(C)C)C(C=O)C(CC(=O)/C=C/c2ccccc2)c2ccccc2)=CC1N. The molecular formula is C32H39N5O2. The zero-order chi connectivity index (χ0) is 28.4. The van der Waals surface area contributed by atoms with Crippen molar-refractivity contribution in [3.8, 4) is 0 Å². The highest BCUT2D eigenvalue weighted by molar-refractivity contribution is 5.94. The smallest absolute Gasteiger partial charge is 0.191 e. The normalized spacial score (nSPS) is 19.7. The van der Waals surface area contributed by atoms with Gasteiger partial charge in [-0.1, -0.05) is 85.0 Å². The van der Waals surface area contributed by atoms with Crippen LogP contribution in [-0.4, -0.2) is 55.7 Å². The molecule has 4 atom stereocenters. The molecule has 0 radical (unpaired) electrons. The average Bonchev–Trinajstić information content (AvgIpc) is 2.93. The summed E-state index contributed by atoms with van der Waals surface area (Å²) in [7, 11) is 5.41. The largest absolute Gasteiger partial charge is 0.394 e. The number of nitrogens with one attached hydrogen (secondary N) is 1. The Balaban J connectivity index is 2.10. The van der Waals surface area contributed by atoms with Crippen molar-refractivity contribution in [3.63, 3.8) is 0 Å². The summed E-state index contributed by atoms with van der Waals surface area (Å²) < 4.78 is 0. The number of ketones is 1. The fourth-order valence-electron chi connectivity index (χ4n) is 4.77. The van der Waals surface area contributed by atoms with Crippen LogP contribution in [0, 0.1) is 5.92 Å². The molecule has 1 aliphatic rings.